The van der Waals surface area contributed by atoms with E-state index in [0.29, 0.717) is 0 Å². The molecule has 178 valence electrons. The van der Waals surface area contributed by atoms with Gasteiger partial charge in [0.05, 0.1) is 16.7 Å². The van der Waals surface area contributed by atoms with Crippen molar-refractivity contribution in [1.82, 2.24) is 4.57 Å². The number of para-hydroxylation sites is 2. The van der Waals surface area contributed by atoms with Crippen molar-refractivity contribution in [3.05, 3.63) is 136 Å². The van der Waals surface area contributed by atoms with E-state index in [9.17, 15) is 0 Å². The monoisotopic (exact) mass is 547 g/mol. The van der Waals surface area contributed by atoms with Crippen LogP contribution in [0, 0.1) is 0 Å². The molecule has 0 N–H and O–H groups in total. The number of aromatic nitrogens is 1. The molecule has 9 rings (SSSR count). The topological polar surface area (TPSA) is 4.93 Å². The number of hydrogen-bond donors (Lipinski definition) is 0. The van der Waals surface area contributed by atoms with E-state index in [1.54, 1.807) is 0 Å². The summed E-state index contributed by atoms with van der Waals surface area (Å²) in [6.07, 6.45) is 0. The number of rotatable bonds is 1. The molecule has 0 amide bonds. The van der Waals surface area contributed by atoms with Crippen LogP contribution in [0.5, 0.6) is 0 Å². The summed E-state index contributed by atoms with van der Waals surface area (Å²) in [5, 5.41) is 5.13. The largest absolute Gasteiger partial charge is 0.308 e. The van der Waals surface area contributed by atoms with Gasteiger partial charge in [-0.15, -0.1) is 0 Å². The number of hydrogen-bond acceptors (Lipinski definition) is 0. The smallest absolute Gasteiger partial charge is 0.0634 e. The number of benzene rings is 6. The summed E-state index contributed by atoms with van der Waals surface area (Å²) >= 11 is 4.07. The minimum absolute atomic E-state index is 0.283. The van der Waals surface area contributed by atoms with Gasteiger partial charge in [0.1, 0.15) is 0 Å². The van der Waals surface area contributed by atoms with Crippen molar-refractivity contribution in [2.45, 2.75) is 12.3 Å². The van der Waals surface area contributed by atoms with E-state index < -0.39 is 0 Å². The van der Waals surface area contributed by atoms with Crippen LogP contribution in [0.4, 0.5) is 0 Å². The van der Waals surface area contributed by atoms with Crippen LogP contribution in [0.3, 0.4) is 0 Å². The Hall–Kier alpha value is -4.14. The molecule has 0 spiro atoms. The summed E-state index contributed by atoms with van der Waals surface area (Å²) in [6.45, 7) is 2.42. The number of halogens is 1. The predicted octanol–water partition coefficient (Wildman–Crippen LogP) is 10.0. The van der Waals surface area contributed by atoms with E-state index in [2.05, 4.69) is 143 Å². The quantitative estimate of drug-likeness (QED) is 0.192. The molecular formula is C36H22BrN. The molecule has 1 aromatic heterocycles. The van der Waals surface area contributed by atoms with Gasteiger partial charge in [-0.2, -0.15) is 0 Å². The van der Waals surface area contributed by atoms with E-state index in [1.807, 2.05) is 0 Å². The molecule has 0 fully saturated rings. The Bertz CT molecular complexity index is 2170. The van der Waals surface area contributed by atoms with Crippen LogP contribution in [0.1, 0.15) is 23.6 Å². The average molecular weight is 548 g/mol. The lowest BCUT2D eigenvalue weighted by Gasteiger charge is -2.29. The summed E-state index contributed by atoms with van der Waals surface area (Å²) in [5.41, 5.74) is 12.9. The fourth-order valence-electron chi connectivity index (χ4n) is 7.33. The van der Waals surface area contributed by atoms with Crippen molar-refractivity contribution < 1.29 is 0 Å². The normalized spacial score (nSPS) is 16.8. The van der Waals surface area contributed by atoms with Gasteiger partial charge in [0, 0.05) is 31.8 Å². The van der Waals surface area contributed by atoms with Gasteiger partial charge >= 0.3 is 0 Å². The Balaban J connectivity index is 1.54. The molecule has 7 aromatic rings. The third-order valence-corrected chi connectivity index (χ3v) is 9.67. The number of nitrogens with zero attached hydrogens (tertiary/aromatic N) is 1. The molecule has 0 radical (unpaired) electrons. The molecule has 1 nitrogen and oxygen atoms in total. The zero-order valence-electron chi connectivity index (χ0n) is 20.8. The molecule has 2 aliphatic rings. The van der Waals surface area contributed by atoms with Gasteiger partial charge in [0.2, 0.25) is 0 Å². The minimum Gasteiger partial charge on any atom is -0.308 e. The van der Waals surface area contributed by atoms with Gasteiger partial charge in [0.25, 0.3) is 0 Å². The fourth-order valence-corrected chi connectivity index (χ4v) is 7.96. The molecule has 0 saturated carbocycles. The molecule has 1 unspecified atom stereocenters. The van der Waals surface area contributed by atoms with Gasteiger partial charge < -0.3 is 4.57 Å². The van der Waals surface area contributed by atoms with Crippen molar-refractivity contribution in [3.8, 4) is 27.9 Å². The van der Waals surface area contributed by atoms with Gasteiger partial charge in [0.15, 0.2) is 0 Å². The van der Waals surface area contributed by atoms with Crippen LogP contribution in [-0.4, -0.2) is 4.57 Å². The summed E-state index contributed by atoms with van der Waals surface area (Å²) in [4.78, 5) is 0. The maximum atomic E-state index is 4.07. The fraction of sp³-hybridized carbons (Fsp3) is 0.0556. The van der Waals surface area contributed by atoms with E-state index in [1.165, 1.54) is 77.2 Å². The second kappa shape index (κ2) is 7.03. The molecule has 38 heavy (non-hydrogen) atoms. The molecular weight excluding hydrogens is 526 g/mol. The predicted molar refractivity (Wildman–Crippen MR) is 162 cm³/mol. The highest BCUT2D eigenvalue weighted by molar-refractivity contribution is 9.10. The molecule has 1 aliphatic carbocycles. The first-order chi connectivity index (χ1) is 18.7. The Morgan fingerprint density at radius 2 is 1.39 bits per heavy atom. The van der Waals surface area contributed by atoms with Gasteiger partial charge in [-0.05, 0) is 69.8 Å². The van der Waals surface area contributed by atoms with Crippen LogP contribution in [0.15, 0.2) is 120 Å². The molecule has 1 aliphatic heterocycles. The number of fused-ring (bicyclic) bond motifs is 7. The minimum atomic E-state index is -0.283. The summed E-state index contributed by atoms with van der Waals surface area (Å²) < 4.78 is 3.67. The second-order valence-corrected chi connectivity index (χ2v) is 11.6. The Morgan fingerprint density at radius 1 is 0.632 bits per heavy atom. The maximum absolute atomic E-state index is 4.07. The van der Waals surface area contributed by atoms with Crippen LogP contribution >= 0.6 is 15.9 Å². The Morgan fingerprint density at radius 3 is 2.32 bits per heavy atom. The Labute approximate surface area is 229 Å². The van der Waals surface area contributed by atoms with E-state index in [4.69, 9.17) is 0 Å². The van der Waals surface area contributed by atoms with Crippen molar-refractivity contribution in [1.29, 1.82) is 0 Å². The highest BCUT2D eigenvalue weighted by Gasteiger charge is 2.45. The van der Waals surface area contributed by atoms with Crippen molar-refractivity contribution in [2.75, 3.05) is 0 Å². The lowest BCUT2D eigenvalue weighted by atomic mass is 9.73. The first-order valence-electron chi connectivity index (χ1n) is 13.2. The second-order valence-electron chi connectivity index (χ2n) is 10.8. The summed E-state index contributed by atoms with van der Waals surface area (Å²) in [5.74, 6) is 0. The zero-order valence-corrected chi connectivity index (χ0v) is 22.4. The van der Waals surface area contributed by atoms with Crippen LogP contribution in [0.25, 0.3) is 60.5 Å². The third kappa shape index (κ3) is 2.34. The van der Waals surface area contributed by atoms with Crippen LogP contribution < -0.4 is 0 Å². The van der Waals surface area contributed by atoms with Crippen LogP contribution in [-0.2, 0) is 5.41 Å². The maximum Gasteiger partial charge on any atom is 0.0634 e. The van der Waals surface area contributed by atoms with Gasteiger partial charge in [-0.1, -0.05) is 107 Å². The van der Waals surface area contributed by atoms with Crippen LogP contribution in [0.2, 0.25) is 0 Å². The SMILES string of the molecule is CC1(c2ccc3ccccc3c2)c2cccc3c2-c2c1cc(Br)c1c4ccccc4n(c21)-c1ccccc1-3. The highest BCUT2D eigenvalue weighted by atomic mass is 79.9. The lowest BCUT2D eigenvalue weighted by Crippen LogP contribution is -2.22. The standard InChI is InChI=1S/C36H22BrN/c1-36(23-18-17-21-9-2-3-10-22(21)19-23)27-14-8-13-25-24-11-4-6-15-30(24)38-31-16-7-5-12-26(31)33-29(37)20-28(36)34(32(25)27)35(33)38/h2-20H,1H3. The molecule has 2 heteroatoms. The molecule has 0 saturated heterocycles. The van der Waals surface area contributed by atoms with E-state index in [0.717, 1.165) is 4.47 Å². The zero-order chi connectivity index (χ0) is 25.2. The average Bonchev–Trinajstić information content (AvgIpc) is 3.39. The van der Waals surface area contributed by atoms with Gasteiger partial charge in [-0.3, -0.25) is 0 Å². The molecule has 6 aromatic carbocycles. The third-order valence-electron chi connectivity index (χ3n) is 9.04. The van der Waals surface area contributed by atoms with Crippen molar-refractivity contribution >= 4 is 48.5 Å². The summed E-state index contributed by atoms with van der Waals surface area (Å²) in [6, 6.07) is 42.8. The lowest BCUT2D eigenvalue weighted by molar-refractivity contribution is 0.715. The first kappa shape index (κ1) is 20.9. The van der Waals surface area contributed by atoms with E-state index >= 15 is 0 Å². The van der Waals surface area contributed by atoms with E-state index in [-0.39, 0.29) is 5.41 Å². The molecule has 1 atom stereocenters. The van der Waals surface area contributed by atoms with Crippen molar-refractivity contribution in [3.63, 3.8) is 0 Å². The highest BCUT2D eigenvalue weighted by Crippen LogP contribution is 2.61. The first-order valence-corrected chi connectivity index (χ1v) is 13.9. The summed E-state index contributed by atoms with van der Waals surface area (Å²) in [7, 11) is 0. The molecule has 2 heterocycles. The Kier molecular flexibility index (Phi) is 3.86. The van der Waals surface area contributed by atoms with Crippen molar-refractivity contribution in [2.24, 2.45) is 0 Å². The van der Waals surface area contributed by atoms with Gasteiger partial charge in [-0.25, -0.2) is 0 Å². The molecule has 0 bridgehead atoms.